The minimum absolute atomic E-state index is 0.0724. The summed E-state index contributed by atoms with van der Waals surface area (Å²) in [6.07, 6.45) is 2.66. The summed E-state index contributed by atoms with van der Waals surface area (Å²) in [4.78, 5) is 19.4. The number of nitrogens with one attached hydrogen (secondary N) is 1. The van der Waals surface area contributed by atoms with Gasteiger partial charge in [0.05, 0.1) is 20.8 Å². The first-order valence-electron chi connectivity index (χ1n) is 12.3. The van der Waals surface area contributed by atoms with Crippen LogP contribution >= 0.6 is 11.8 Å². The van der Waals surface area contributed by atoms with Crippen molar-refractivity contribution in [2.24, 2.45) is 5.92 Å². The van der Waals surface area contributed by atoms with E-state index in [1.54, 1.807) is 14.2 Å². The van der Waals surface area contributed by atoms with Gasteiger partial charge in [-0.15, -0.1) is 0 Å². The Balaban J connectivity index is 1.15. The van der Waals surface area contributed by atoms with Gasteiger partial charge in [0.15, 0.2) is 11.5 Å². The van der Waals surface area contributed by atoms with Crippen molar-refractivity contribution in [1.29, 1.82) is 0 Å². The molecule has 1 aliphatic rings. The molecule has 36 heavy (non-hydrogen) atoms. The molecule has 1 N–H and O–H groups in total. The quantitative estimate of drug-likeness (QED) is 0.359. The Morgan fingerprint density at radius 1 is 1.11 bits per heavy atom. The fourth-order valence-electron chi connectivity index (χ4n) is 4.25. The summed E-state index contributed by atoms with van der Waals surface area (Å²) in [5.74, 6) is 4.66. The first-order chi connectivity index (χ1) is 17.7. The molecule has 0 atom stereocenters. The zero-order valence-electron chi connectivity index (χ0n) is 20.9. The minimum atomic E-state index is 0.0724. The first kappa shape index (κ1) is 26.0. The Labute approximate surface area is 216 Å². The SMILES string of the molecule is COc1ccc(-c2noc(CN3CCC(C(=O)NCCCSCc4ccccc4)CC3)n2)cc1OC. The third-order valence-electron chi connectivity index (χ3n) is 6.30. The molecule has 2 heterocycles. The molecule has 1 aliphatic heterocycles. The molecule has 1 saturated heterocycles. The molecule has 0 bridgehead atoms. The highest BCUT2D eigenvalue weighted by atomic mass is 32.2. The van der Waals surface area contributed by atoms with E-state index < -0.39 is 0 Å². The molecule has 0 aliphatic carbocycles. The van der Waals surface area contributed by atoms with Crippen molar-refractivity contribution in [2.75, 3.05) is 39.6 Å². The van der Waals surface area contributed by atoms with Gasteiger partial charge < -0.3 is 19.3 Å². The standard InChI is InChI=1S/C27H34N4O4S/c1-33-23-10-9-22(17-24(23)34-2)26-29-25(35-30-26)18-31-14-11-21(12-15-31)27(32)28-13-6-16-36-19-20-7-4-3-5-8-20/h3-5,7-10,17,21H,6,11-16,18-19H2,1-2H3,(H,28,32). The Kier molecular flexibility index (Phi) is 9.63. The maximum Gasteiger partial charge on any atom is 0.241 e. The smallest absolute Gasteiger partial charge is 0.241 e. The van der Waals surface area contributed by atoms with Crippen LogP contribution in [0.5, 0.6) is 11.5 Å². The van der Waals surface area contributed by atoms with Crippen LogP contribution in [-0.4, -0.2) is 60.6 Å². The number of aromatic nitrogens is 2. The van der Waals surface area contributed by atoms with Gasteiger partial charge in [0.2, 0.25) is 17.6 Å². The van der Waals surface area contributed by atoms with Crippen LogP contribution in [0, 0.1) is 5.92 Å². The van der Waals surface area contributed by atoms with Crippen LogP contribution in [0.15, 0.2) is 53.1 Å². The van der Waals surface area contributed by atoms with Crippen molar-refractivity contribution in [2.45, 2.75) is 31.6 Å². The Hall–Kier alpha value is -3.04. The van der Waals surface area contributed by atoms with Gasteiger partial charge >= 0.3 is 0 Å². The van der Waals surface area contributed by atoms with Crippen LogP contribution in [0.2, 0.25) is 0 Å². The number of likely N-dealkylation sites (tertiary alicyclic amines) is 1. The van der Waals surface area contributed by atoms with Gasteiger partial charge in [-0.2, -0.15) is 16.7 Å². The lowest BCUT2D eigenvalue weighted by Crippen LogP contribution is -2.40. The molecule has 4 rings (SSSR count). The second-order valence-corrected chi connectivity index (χ2v) is 9.92. The normalized spacial score (nSPS) is 14.5. The van der Waals surface area contributed by atoms with Gasteiger partial charge in [-0.05, 0) is 61.9 Å². The number of ether oxygens (including phenoxy) is 2. The zero-order chi connectivity index (χ0) is 25.2. The summed E-state index contributed by atoms with van der Waals surface area (Å²) < 4.78 is 16.1. The van der Waals surface area contributed by atoms with E-state index >= 15 is 0 Å². The number of carbonyl (C=O) groups excluding carboxylic acids is 1. The monoisotopic (exact) mass is 510 g/mol. The summed E-state index contributed by atoms with van der Waals surface area (Å²) >= 11 is 1.91. The molecule has 0 unspecified atom stereocenters. The molecule has 0 spiro atoms. The third-order valence-corrected chi connectivity index (χ3v) is 7.42. The van der Waals surface area contributed by atoms with Crippen molar-refractivity contribution in [3.05, 3.63) is 60.0 Å². The predicted molar refractivity (Wildman–Crippen MR) is 141 cm³/mol. The second kappa shape index (κ2) is 13.3. The Morgan fingerprint density at radius 2 is 1.89 bits per heavy atom. The van der Waals surface area contributed by atoms with E-state index in [9.17, 15) is 4.79 Å². The highest BCUT2D eigenvalue weighted by Crippen LogP contribution is 2.31. The molecule has 0 saturated carbocycles. The van der Waals surface area contributed by atoms with Crippen molar-refractivity contribution >= 4 is 17.7 Å². The van der Waals surface area contributed by atoms with Gasteiger partial charge in [0, 0.05) is 23.8 Å². The van der Waals surface area contributed by atoms with Crippen LogP contribution in [0.25, 0.3) is 11.4 Å². The number of piperidine rings is 1. The number of hydrogen-bond donors (Lipinski definition) is 1. The number of rotatable bonds is 12. The van der Waals surface area contributed by atoms with E-state index in [4.69, 9.17) is 14.0 Å². The average Bonchev–Trinajstić information content (AvgIpc) is 3.39. The topological polar surface area (TPSA) is 89.7 Å². The molecule has 192 valence electrons. The van der Waals surface area contributed by atoms with E-state index in [0.29, 0.717) is 29.8 Å². The highest BCUT2D eigenvalue weighted by Gasteiger charge is 2.26. The number of benzene rings is 2. The van der Waals surface area contributed by atoms with Crippen molar-refractivity contribution in [3.8, 4) is 22.9 Å². The summed E-state index contributed by atoms with van der Waals surface area (Å²) in [7, 11) is 3.20. The van der Waals surface area contributed by atoms with Crippen molar-refractivity contribution in [3.63, 3.8) is 0 Å². The molecule has 1 fully saturated rings. The van der Waals surface area contributed by atoms with Crippen LogP contribution < -0.4 is 14.8 Å². The maximum absolute atomic E-state index is 12.6. The van der Waals surface area contributed by atoms with Gasteiger partial charge in [-0.1, -0.05) is 35.5 Å². The number of amides is 1. The molecule has 8 nitrogen and oxygen atoms in total. The maximum atomic E-state index is 12.6. The molecule has 1 aromatic heterocycles. The lowest BCUT2D eigenvalue weighted by atomic mass is 9.96. The van der Waals surface area contributed by atoms with Gasteiger partial charge in [-0.3, -0.25) is 9.69 Å². The van der Waals surface area contributed by atoms with Gasteiger partial charge in [0.25, 0.3) is 0 Å². The summed E-state index contributed by atoms with van der Waals surface area (Å²) in [6.45, 7) is 2.98. The van der Waals surface area contributed by atoms with E-state index in [2.05, 4.69) is 44.6 Å². The number of methoxy groups -OCH3 is 2. The minimum Gasteiger partial charge on any atom is -0.493 e. The molecule has 9 heteroatoms. The van der Waals surface area contributed by atoms with Gasteiger partial charge in [0.1, 0.15) is 0 Å². The van der Waals surface area contributed by atoms with Crippen LogP contribution in [0.3, 0.4) is 0 Å². The molecule has 2 aromatic carbocycles. The third kappa shape index (κ3) is 7.24. The number of carbonyl (C=O) groups is 1. The van der Waals surface area contributed by atoms with E-state index in [0.717, 1.165) is 56.0 Å². The molecule has 0 radical (unpaired) electrons. The Morgan fingerprint density at radius 3 is 2.64 bits per heavy atom. The highest BCUT2D eigenvalue weighted by molar-refractivity contribution is 7.98. The predicted octanol–water partition coefficient (Wildman–Crippen LogP) is 4.41. The average molecular weight is 511 g/mol. The fraction of sp³-hybridized carbons (Fsp3) is 0.444. The second-order valence-electron chi connectivity index (χ2n) is 8.81. The summed E-state index contributed by atoms with van der Waals surface area (Å²) in [5, 5.41) is 7.25. The van der Waals surface area contributed by atoms with Crippen LogP contribution in [0.4, 0.5) is 0 Å². The summed E-state index contributed by atoms with van der Waals surface area (Å²) in [6, 6.07) is 16.0. The number of thioether (sulfide) groups is 1. The largest absolute Gasteiger partial charge is 0.493 e. The molecule has 1 amide bonds. The molecule has 3 aromatic rings. The Bertz CT molecular complexity index is 1100. The van der Waals surface area contributed by atoms with Crippen LogP contribution in [0.1, 0.15) is 30.7 Å². The van der Waals surface area contributed by atoms with E-state index in [1.165, 1.54) is 5.56 Å². The summed E-state index contributed by atoms with van der Waals surface area (Å²) in [5.41, 5.74) is 2.15. The number of nitrogens with zero attached hydrogens (tertiary/aromatic N) is 3. The molecular formula is C27H34N4O4S. The molecular weight excluding hydrogens is 476 g/mol. The van der Waals surface area contributed by atoms with E-state index in [1.807, 2.05) is 36.0 Å². The van der Waals surface area contributed by atoms with Crippen molar-refractivity contribution < 1.29 is 18.8 Å². The number of hydrogen-bond acceptors (Lipinski definition) is 8. The lowest BCUT2D eigenvalue weighted by Gasteiger charge is -2.30. The van der Waals surface area contributed by atoms with Crippen molar-refractivity contribution in [1.82, 2.24) is 20.4 Å². The van der Waals surface area contributed by atoms with Crippen LogP contribution in [-0.2, 0) is 17.1 Å². The fourth-order valence-corrected chi connectivity index (χ4v) is 5.17. The first-order valence-corrected chi connectivity index (χ1v) is 13.5. The van der Waals surface area contributed by atoms with Gasteiger partial charge in [-0.25, -0.2) is 0 Å². The van der Waals surface area contributed by atoms with E-state index in [-0.39, 0.29) is 11.8 Å². The zero-order valence-corrected chi connectivity index (χ0v) is 21.8. The lowest BCUT2D eigenvalue weighted by molar-refractivity contribution is -0.126.